The number of pyridine rings is 1. The first-order chi connectivity index (χ1) is 7.77. The maximum Gasteiger partial charge on any atom is 0.254 e. The number of rotatable bonds is 3. The third kappa shape index (κ3) is 2.46. The molecule has 0 fully saturated rings. The monoisotopic (exact) mass is 280 g/mol. The van der Waals surface area contributed by atoms with E-state index < -0.39 is 0 Å². The van der Waals surface area contributed by atoms with Gasteiger partial charge in [-0.2, -0.15) is 0 Å². The van der Waals surface area contributed by atoms with Gasteiger partial charge >= 0.3 is 0 Å². The van der Waals surface area contributed by atoms with Crippen molar-refractivity contribution in [3.05, 3.63) is 46.7 Å². The Hall–Kier alpha value is -1.69. The number of H-pyrrole nitrogens is 1. The molecule has 0 aliphatic rings. The largest absolute Gasteiger partial charge is 0.347 e. The molecule has 2 rings (SSSR count). The lowest BCUT2D eigenvalue weighted by atomic mass is 10.3. The number of imidazole rings is 1. The minimum Gasteiger partial charge on any atom is -0.347 e. The number of carbonyl (C=O) groups excluding carboxylic acids is 1. The summed E-state index contributed by atoms with van der Waals surface area (Å²) in [5.74, 6) is 0.532. The summed E-state index contributed by atoms with van der Waals surface area (Å²) in [6.07, 6.45) is 4.97. The number of amides is 1. The summed E-state index contributed by atoms with van der Waals surface area (Å²) in [6, 6.07) is 3.42. The molecule has 0 saturated carbocycles. The highest BCUT2D eigenvalue weighted by molar-refractivity contribution is 9.10. The van der Waals surface area contributed by atoms with Crippen LogP contribution in [0.4, 0.5) is 0 Å². The third-order valence-corrected chi connectivity index (χ3v) is 2.61. The van der Waals surface area contributed by atoms with Gasteiger partial charge in [-0.1, -0.05) is 0 Å². The van der Waals surface area contributed by atoms with Gasteiger partial charge in [-0.05, 0) is 28.1 Å². The Morgan fingerprint density at radius 1 is 1.44 bits per heavy atom. The van der Waals surface area contributed by atoms with Crippen LogP contribution in [-0.2, 0) is 6.54 Å². The molecule has 1 amide bonds. The summed E-state index contributed by atoms with van der Waals surface area (Å²) in [7, 11) is 0. The normalized spacial score (nSPS) is 10.1. The zero-order valence-electron chi connectivity index (χ0n) is 8.27. The summed E-state index contributed by atoms with van der Waals surface area (Å²) >= 11 is 3.22. The fourth-order valence-electron chi connectivity index (χ4n) is 1.21. The smallest absolute Gasteiger partial charge is 0.254 e. The van der Waals surface area contributed by atoms with Crippen LogP contribution in [0.25, 0.3) is 0 Å². The maximum atomic E-state index is 11.7. The zero-order valence-corrected chi connectivity index (χ0v) is 9.86. The van der Waals surface area contributed by atoms with E-state index in [1.54, 1.807) is 30.7 Å². The van der Waals surface area contributed by atoms with Crippen LogP contribution in [0.3, 0.4) is 0 Å². The van der Waals surface area contributed by atoms with Crippen molar-refractivity contribution in [3.63, 3.8) is 0 Å². The van der Waals surface area contributed by atoms with Crippen molar-refractivity contribution >= 4 is 21.8 Å². The summed E-state index contributed by atoms with van der Waals surface area (Å²) in [5, 5.41) is 2.74. The molecule has 0 spiro atoms. The molecule has 0 unspecified atom stereocenters. The molecule has 0 radical (unpaired) electrons. The number of halogens is 1. The summed E-state index contributed by atoms with van der Waals surface area (Å²) < 4.78 is 0.534. The van der Waals surface area contributed by atoms with Gasteiger partial charge in [-0.3, -0.25) is 4.79 Å². The molecule has 2 aromatic heterocycles. The number of hydrogen-bond acceptors (Lipinski definition) is 3. The van der Waals surface area contributed by atoms with E-state index in [-0.39, 0.29) is 5.91 Å². The van der Waals surface area contributed by atoms with Crippen LogP contribution >= 0.6 is 15.9 Å². The number of nitrogens with one attached hydrogen (secondary N) is 2. The van der Waals surface area contributed by atoms with Crippen LogP contribution in [0.2, 0.25) is 0 Å². The fraction of sp³-hybridized carbons (Fsp3) is 0.100. The molecule has 5 nitrogen and oxygen atoms in total. The first kappa shape index (κ1) is 10.8. The lowest BCUT2D eigenvalue weighted by Crippen LogP contribution is -2.23. The van der Waals surface area contributed by atoms with Crippen LogP contribution in [0.5, 0.6) is 0 Å². The topological polar surface area (TPSA) is 70.7 Å². The highest BCUT2D eigenvalue weighted by atomic mass is 79.9. The molecule has 82 valence electrons. The molecule has 2 heterocycles. The molecular formula is C10H9BrN4O. The molecule has 6 heteroatoms. The summed E-state index contributed by atoms with van der Waals surface area (Å²) in [5.41, 5.74) is 0.508. The van der Waals surface area contributed by atoms with Gasteiger partial charge in [0.1, 0.15) is 10.4 Å². The van der Waals surface area contributed by atoms with Gasteiger partial charge in [0.05, 0.1) is 12.1 Å². The first-order valence-corrected chi connectivity index (χ1v) is 5.43. The second-order valence-electron chi connectivity index (χ2n) is 3.06. The van der Waals surface area contributed by atoms with Crippen LogP contribution in [-0.4, -0.2) is 20.9 Å². The Morgan fingerprint density at radius 3 is 3.00 bits per heavy atom. The average molecular weight is 281 g/mol. The van der Waals surface area contributed by atoms with Gasteiger partial charge in [0.25, 0.3) is 5.91 Å². The molecule has 0 saturated heterocycles. The Balaban J connectivity index is 2.01. The molecule has 2 N–H and O–H groups in total. The quantitative estimate of drug-likeness (QED) is 0.837. The van der Waals surface area contributed by atoms with Gasteiger partial charge in [-0.15, -0.1) is 0 Å². The van der Waals surface area contributed by atoms with Crippen molar-refractivity contribution in [3.8, 4) is 0 Å². The van der Waals surface area contributed by atoms with Crippen molar-refractivity contribution in [2.24, 2.45) is 0 Å². The number of aromatic nitrogens is 3. The van der Waals surface area contributed by atoms with Crippen molar-refractivity contribution in [2.75, 3.05) is 0 Å². The first-order valence-electron chi connectivity index (χ1n) is 4.64. The zero-order chi connectivity index (χ0) is 11.4. The van der Waals surface area contributed by atoms with Crippen molar-refractivity contribution in [2.45, 2.75) is 6.54 Å². The molecular weight excluding hydrogens is 272 g/mol. The van der Waals surface area contributed by atoms with Gasteiger partial charge in [0.2, 0.25) is 0 Å². The average Bonchev–Trinajstić information content (AvgIpc) is 2.79. The molecule has 0 bridgehead atoms. The summed E-state index contributed by atoms with van der Waals surface area (Å²) in [4.78, 5) is 22.6. The molecule has 0 aliphatic carbocycles. The van der Waals surface area contributed by atoms with Crippen LogP contribution < -0.4 is 5.32 Å². The third-order valence-electron chi connectivity index (χ3n) is 1.97. The van der Waals surface area contributed by atoms with Crippen LogP contribution in [0.15, 0.2) is 35.3 Å². The van der Waals surface area contributed by atoms with Gasteiger partial charge in [0.15, 0.2) is 0 Å². The Kier molecular flexibility index (Phi) is 3.31. The predicted molar refractivity (Wildman–Crippen MR) is 61.7 cm³/mol. The number of nitrogens with zero attached hydrogens (tertiary/aromatic N) is 2. The van der Waals surface area contributed by atoms with E-state index in [0.717, 1.165) is 0 Å². The van der Waals surface area contributed by atoms with Crippen molar-refractivity contribution in [1.29, 1.82) is 0 Å². The van der Waals surface area contributed by atoms with E-state index >= 15 is 0 Å². The predicted octanol–water partition coefficient (Wildman–Crippen LogP) is 1.50. The maximum absolute atomic E-state index is 11.7. The minimum atomic E-state index is -0.184. The van der Waals surface area contributed by atoms with Crippen LogP contribution in [0, 0.1) is 0 Å². The highest BCUT2D eigenvalue weighted by Crippen LogP contribution is 2.12. The van der Waals surface area contributed by atoms with E-state index in [9.17, 15) is 4.79 Å². The summed E-state index contributed by atoms with van der Waals surface area (Å²) in [6.45, 7) is 0.368. The van der Waals surface area contributed by atoms with E-state index in [0.29, 0.717) is 22.5 Å². The number of aromatic amines is 1. The van der Waals surface area contributed by atoms with E-state index in [2.05, 4.69) is 36.2 Å². The Labute approximate surface area is 100 Å². The molecule has 0 aromatic carbocycles. The Morgan fingerprint density at radius 2 is 2.31 bits per heavy atom. The standard InChI is InChI=1S/C10H9BrN4O/c11-9-7(2-1-3-14-9)10(16)15-6-8-12-4-5-13-8/h1-5H,6H2,(H,12,13)(H,15,16). The van der Waals surface area contributed by atoms with Gasteiger partial charge in [-0.25, -0.2) is 9.97 Å². The van der Waals surface area contributed by atoms with E-state index in [1.807, 2.05) is 0 Å². The molecule has 0 aliphatic heterocycles. The van der Waals surface area contributed by atoms with Crippen LogP contribution in [0.1, 0.15) is 16.2 Å². The second kappa shape index (κ2) is 4.89. The highest BCUT2D eigenvalue weighted by Gasteiger charge is 2.09. The second-order valence-corrected chi connectivity index (χ2v) is 3.81. The fourth-order valence-corrected chi connectivity index (χ4v) is 1.64. The minimum absolute atomic E-state index is 0.184. The lowest BCUT2D eigenvalue weighted by Gasteiger charge is -2.04. The molecule has 0 atom stereocenters. The molecule has 16 heavy (non-hydrogen) atoms. The van der Waals surface area contributed by atoms with Crippen molar-refractivity contribution < 1.29 is 4.79 Å². The number of hydrogen-bond donors (Lipinski definition) is 2. The van der Waals surface area contributed by atoms with Gasteiger partial charge in [0, 0.05) is 18.6 Å². The van der Waals surface area contributed by atoms with E-state index in [4.69, 9.17) is 0 Å². The Bertz CT molecular complexity index is 483. The van der Waals surface area contributed by atoms with Crippen molar-refractivity contribution in [1.82, 2.24) is 20.3 Å². The number of carbonyl (C=O) groups is 1. The van der Waals surface area contributed by atoms with Gasteiger partial charge < -0.3 is 10.3 Å². The molecule has 2 aromatic rings. The SMILES string of the molecule is O=C(NCc1ncc[nH]1)c1cccnc1Br. The van der Waals surface area contributed by atoms with E-state index in [1.165, 1.54) is 0 Å². The lowest BCUT2D eigenvalue weighted by molar-refractivity contribution is 0.0948.